The number of thioether (sulfide) groups is 1. The molecule has 136 valence electrons. The summed E-state index contributed by atoms with van der Waals surface area (Å²) in [5, 5.41) is 3.19. The second-order valence-corrected chi connectivity index (χ2v) is 8.05. The molecule has 0 amide bonds. The number of nitrogens with two attached hydrogens (primary N) is 1. The van der Waals surface area contributed by atoms with Gasteiger partial charge < -0.3 is 15.8 Å². The van der Waals surface area contributed by atoms with Gasteiger partial charge in [0.2, 0.25) is 0 Å². The Hall–Kier alpha value is -0.470. The molecule has 0 aliphatic heterocycles. The molecule has 0 aromatic heterocycles. The number of aryl methyl sites for hydroxylation is 1. The highest BCUT2D eigenvalue weighted by Gasteiger charge is 2.34. The highest BCUT2D eigenvalue weighted by Crippen LogP contribution is 2.45. The van der Waals surface area contributed by atoms with Crippen molar-refractivity contribution in [3.63, 3.8) is 0 Å². The number of halogens is 1. The second-order valence-electron chi connectivity index (χ2n) is 6.51. The fourth-order valence-corrected chi connectivity index (χ4v) is 4.38. The molecule has 24 heavy (non-hydrogen) atoms. The van der Waals surface area contributed by atoms with Crippen LogP contribution in [0, 0.1) is 6.92 Å². The molecular formula is C18H30IN3OS. The number of hydrogen-bond acceptors (Lipinski definition) is 3. The van der Waals surface area contributed by atoms with E-state index >= 15 is 0 Å². The fourth-order valence-electron chi connectivity index (χ4n) is 2.99. The molecule has 1 aromatic carbocycles. The fraction of sp³-hybridized carbons (Fsp3) is 0.611. The minimum absolute atomic E-state index is 0. The predicted octanol–water partition coefficient (Wildman–Crippen LogP) is 3.96. The Balaban J connectivity index is 0.00000288. The van der Waals surface area contributed by atoms with Gasteiger partial charge in [-0.25, -0.2) is 0 Å². The predicted molar refractivity (Wildman–Crippen MR) is 115 cm³/mol. The molecule has 0 spiro atoms. The van der Waals surface area contributed by atoms with E-state index < -0.39 is 0 Å². The number of nitrogens with one attached hydrogen (secondary N) is 1. The molecule has 1 unspecified atom stereocenters. The summed E-state index contributed by atoms with van der Waals surface area (Å²) in [4.78, 5) is 5.95. The smallest absolute Gasteiger partial charge is 0.188 e. The summed E-state index contributed by atoms with van der Waals surface area (Å²) in [5.41, 5.74) is 7.33. The molecule has 2 rings (SSSR count). The molecule has 0 bridgehead atoms. The highest BCUT2D eigenvalue weighted by atomic mass is 127. The Bertz CT molecular complexity index is 516. The van der Waals surface area contributed by atoms with Crippen LogP contribution in [0.15, 0.2) is 34.2 Å². The number of hydrogen-bond donors (Lipinski definition) is 2. The van der Waals surface area contributed by atoms with E-state index in [2.05, 4.69) is 41.5 Å². The zero-order chi connectivity index (χ0) is 16.7. The van der Waals surface area contributed by atoms with Crippen LogP contribution in [0.3, 0.4) is 0 Å². The first kappa shape index (κ1) is 21.6. The molecule has 1 aliphatic carbocycles. The summed E-state index contributed by atoms with van der Waals surface area (Å²) in [5.74, 6) is 0.519. The molecule has 3 N–H and O–H groups in total. The van der Waals surface area contributed by atoms with Crippen LogP contribution in [0.4, 0.5) is 0 Å². The molecule has 1 aliphatic rings. The topological polar surface area (TPSA) is 59.6 Å². The average molecular weight is 463 g/mol. The van der Waals surface area contributed by atoms with E-state index in [-0.39, 0.29) is 34.8 Å². The third kappa shape index (κ3) is 6.80. The summed E-state index contributed by atoms with van der Waals surface area (Å²) in [7, 11) is 1.69. The third-order valence-corrected chi connectivity index (χ3v) is 5.70. The number of aliphatic imine (C=N–C) groups is 1. The van der Waals surface area contributed by atoms with Crippen LogP contribution in [0.1, 0.15) is 38.2 Å². The number of nitrogens with zero attached hydrogens (tertiary/aromatic N) is 1. The molecule has 4 nitrogen and oxygen atoms in total. The normalized spacial score (nSPS) is 18.0. The number of methoxy groups -OCH3 is 1. The van der Waals surface area contributed by atoms with E-state index in [1.807, 2.05) is 18.7 Å². The van der Waals surface area contributed by atoms with E-state index in [0.29, 0.717) is 12.6 Å². The van der Waals surface area contributed by atoms with Crippen LogP contribution < -0.4 is 11.1 Å². The van der Waals surface area contributed by atoms with Crippen molar-refractivity contribution in [1.82, 2.24) is 5.32 Å². The van der Waals surface area contributed by atoms with E-state index in [9.17, 15) is 0 Å². The van der Waals surface area contributed by atoms with Crippen LogP contribution in [0.25, 0.3) is 0 Å². The van der Waals surface area contributed by atoms with Gasteiger partial charge in [0.25, 0.3) is 0 Å². The number of benzene rings is 1. The van der Waals surface area contributed by atoms with Crippen molar-refractivity contribution in [1.29, 1.82) is 0 Å². The molecule has 6 heteroatoms. The minimum Gasteiger partial charge on any atom is -0.383 e. The highest BCUT2D eigenvalue weighted by molar-refractivity contribution is 14.0. The minimum atomic E-state index is 0. The van der Waals surface area contributed by atoms with Crippen molar-refractivity contribution in [2.24, 2.45) is 10.7 Å². The average Bonchev–Trinajstić information content (AvgIpc) is 2.97. The Kier molecular flexibility index (Phi) is 9.44. The molecule has 0 heterocycles. The van der Waals surface area contributed by atoms with E-state index in [0.717, 1.165) is 6.54 Å². The lowest BCUT2D eigenvalue weighted by atomic mass is 10.1. The monoisotopic (exact) mass is 463 g/mol. The van der Waals surface area contributed by atoms with E-state index in [1.54, 1.807) is 7.11 Å². The Morgan fingerprint density at radius 1 is 1.33 bits per heavy atom. The van der Waals surface area contributed by atoms with Crippen molar-refractivity contribution in [2.45, 2.75) is 55.2 Å². The van der Waals surface area contributed by atoms with Gasteiger partial charge in [0, 0.05) is 22.8 Å². The third-order valence-electron chi connectivity index (χ3n) is 4.22. The molecule has 0 saturated heterocycles. The van der Waals surface area contributed by atoms with Crippen molar-refractivity contribution in [3.8, 4) is 0 Å². The van der Waals surface area contributed by atoms with Crippen LogP contribution in [-0.2, 0) is 4.74 Å². The van der Waals surface area contributed by atoms with Crippen LogP contribution >= 0.6 is 35.7 Å². The summed E-state index contributed by atoms with van der Waals surface area (Å²) in [6.45, 7) is 5.56. The van der Waals surface area contributed by atoms with Gasteiger partial charge in [-0.05, 0) is 38.8 Å². The number of ether oxygens (including phenoxy) is 1. The standard InChI is InChI=1S/C18H29N3OS.HI/c1-14-6-8-16(9-7-14)23-18(10-4-5-11-18)13-20-17(19)21-15(2)12-22-3;/h6-9,15H,4-5,10-13H2,1-3H3,(H3,19,20,21);1H. The molecular weight excluding hydrogens is 433 g/mol. The van der Waals surface area contributed by atoms with Crippen LogP contribution in [0.2, 0.25) is 0 Å². The quantitative estimate of drug-likeness (QED) is 0.365. The Morgan fingerprint density at radius 2 is 1.96 bits per heavy atom. The second kappa shape index (κ2) is 10.5. The molecule has 1 aromatic rings. The maximum Gasteiger partial charge on any atom is 0.188 e. The zero-order valence-electron chi connectivity index (χ0n) is 14.9. The molecule has 1 atom stereocenters. The largest absolute Gasteiger partial charge is 0.383 e. The van der Waals surface area contributed by atoms with Gasteiger partial charge in [-0.15, -0.1) is 35.7 Å². The van der Waals surface area contributed by atoms with E-state index in [4.69, 9.17) is 10.5 Å². The number of guanidine groups is 1. The van der Waals surface area contributed by atoms with Crippen LogP contribution in [0.5, 0.6) is 0 Å². The first-order valence-corrected chi connectivity index (χ1v) is 9.16. The maximum absolute atomic E-state index is 6.03. The zero-order valence-corrected chi connectivity index (χ0v) is 18.0. The number of rotatable bonds is 7. The molecule has 1 saturated carbocycles. The van der Waals surface area contributed by atoms with Crippen molar-refractivity contribution >= 4 is 41.7 Å². The van der Waals surface area contributed by atoms with Gasteiger partial charge in [-0.1, -0.05) is 30.5 Å². The van der Waals surface area contributed by atoms with E-state index in [1.165, 1.54) is 36.1 Å². The SMILES string of the molecule is COCC(C)NC(N)=NCC1(Sc2ccc(C)cc2)CCCC1.I. The first-order chi connectivity index (χ1) is 11.0. The van der Waals surface area contributed by atoms with Gasteiger partial charge in [0.05, 0.1) is 13.2 Å². The Morgan fingerprint density at radius 3 is 2.54 bits per heavy atom. The lowest BCUT2D eigenvalue weighted by Crippen LogP contribution is -2.41. The summed E-state index contributed by atoms with van der Waals surface area (Å²) >= 11 is 1.96. The molecule has 0 radical (unpaired) electrons. The maximum atomic E-state index is 6.03. The Labute approximate surface area is 167 Å². The van der Waals surface area contributed by atoms with Crippen molar-refractivity contribution < 1.29 is 4.74 Å². The first-order valence-electron chi connectivity index (χ1n) is 8.34. The van der Waals surface area contributed by atoms with Gasteiger partial charge in [0.1, 0.15) is 0 Å². The lowest BCUT2D eigenvalue weighted by Gasteiger charge is -2.27. The van der Waals surface area contributed by atoms with Gasteiger partial charge in [-0.2, -0.15) is 0 Å². The van der Waals surface area contributed by atoms with Crippen molar-refractivity contribution in [2.75, 3.05) is 20.3 Å². The molecule has 1 fully saturated rings. The summed E-state index contributed by atoms with van der Waals surface area (Å²) in [6.07, 6.45) is 4.97. The summed E-state index contributed by atoms with van der Waals surface area (Å²) in [6, 6.07) is 8.96. The van der Waals surface area contributed by atoms with Crippen molar-refractivity contribution in [3.05, 3.63) is 29.8 Å². The lowest BCUT2D eigenvalue weighted by molar-refractivity contribution is 0.179. The summed E-state index contributed by atoms with van der Waals surface area (Å²) < 4.78 is 5.30. The van der Waals surface area contributed by atoms with Crippen LogP contribution in [-0.4, -0.2) is 37.0 Å². The van der Waals surface area contributed by atoms with Gasteiger partial charge in [0.15, 0.2) is 5.96 Å². The van der Waals surface area contributed by atoms with Gasteiger partial charge >= 0.3 is 0 Å². The van der Waals surface area contributed by atoms with Gasteiger partial charge in [-0.3, -0.25) is 4.99 Å².